The minimum absolute atomic E-state index is 0.442. The Hall–Kier alpha value is -1.20. The van der Waals surface area contributed by atoms with Crippen molar-refractivity contribution in [3.05, 3.63) is 18.1 Å². The van der Waals surface area contributed by atoms with Gasteiger partial charge in [0.15, 0.2) is 0 Å². The van der Waals surface area contributed by atoms with E-state index < -0.39 is 0 Å². The molecule has 5 nitrogen and oxygen atoms in total. The minimum Gasteiger partial charge on any atom is -0.372 e. The lowest BCUT2D eigenvalue weighted by Crippen LogP contribution is -2.42. The summed E-state index contributed by atoms with van der Waals surface area (Å²) in [6, 6.07) is 0. The number of ether oxygens (including phenoxy) is 1. The highest BCUT2D eigenvalue weighted by molar-refractivity contribution is 5.30. The molecule has 5 heteroatoms. The molecule has 0 spiro atoms. The van der Waals surface area contributed by atoms with E-state index in [9.17, 15) is 0 Å². The zero-order valence-electron chi connectivity index (χ0n) is 10.8. The monoisotopic (exact) mass is 248 g/mol. The van der Waals surface area contributed by atoms with Gasteiger partial charge >= 0.3 is 0 Å². The predicted molar refractivity (Wildman–Crippen MR) is 69.4 cm³/mol. The van der Waals surface area contributed by atoms with Gasteiger partial charge in [-0.2, -0.15) is 0 Å². The summed E-state index contributed by atoms with van der Waals surface area (Å²) in [5.74, 6) is 0.850. The van der Waals surface area contributed by atoms with Crippen LogP contribution in [0.25, 0.3) is 0 Å². The fourth-order valence-electron chi connectivity index (χ4n) is 2.77. The molecule has 0 amide bonds. The minimum atomic E-state index is 0.442. The first kappa shape index (κ1) is 11.9. The van der Waals surface area contributed by atoms with Gasteiger partial charge in [-0.05, 0) is 19.8 Å². The Morgan fingerprint density at radius 2 is 2.06 bits per heavy atom. The maximum Gasteiger partial charge on any atom is 0.144 e. The number of nitrogens with zero attached hydrogens (tertiary/aromatic N) is 3. The Bertz CT molecular complexity index is 382. The average molecular weight is 248 g/mol. The number of nitrogens with one attached hydrogen (secondary N) is 1. The summed E-state index contributed by atoms with van der Waals surface area (Å²) in [6.45, 7) is 5.88. The number of likely N-dealkylation sites (tertiary alicyclic amines) is 1. The molecule has 1 aromatic heterocycles. The van der Waals surface area contributed by atoms with Crippen LogP contribution in [0.3, 0.4) is 0 Å². The third kappa shape index (κ3) is 2.62. The van der Waals surface area contributed by atoms with Gasteiger partial charge in [-0.3, -0.25) is 9.88 Å². The molecule has 2 saturated heterocycles. The Balaban J connectivity index is 1.59. The summed E-state index contributed by atoms with van der Waals surface area (Å²) in [4.78, 5) is 11.2. The lowest BCUT2D eigenvalue weighted by molar-refractivity contribution is -0.0414. The summed E-state index contributed by atoms with van der Waals surface area (Å²) in [5, 5.41) is 3.16. The molecule has 0 aliphatic carbocycles. The first-order chi connectivity index (χ1) is 8.83. The van der Waals surface area contributed by atoms with Gasteiger partial charge in [0.05, 0.1) is 30.3 Å². The first-order valence-corrected chi connectivity index (χ1v) is 6.76. The van der Waals surface area contributed by atoms with Gasteiger partial charge in [-0.25, -0.2) is 4.98 Å². The number of rotatable bonds is 4. The van der Waals surface area contributed by atoms with Gasteiger partial charge in [0, 0.05) is 26.2 Å². The zero-order chi connectivity index (χ0) is 12.4. The van der Waals surface area contributed by atoms with E-state index in [1.54, 1.807) is 0 Å². The van der Waals surface area contributed by atoms with Crippen molar-refractivity contribution < 1.29 is 4.74 Å². The Morgan fingerprint density at radius 3 is 2.67 bits per heavy atom. The van der Waals surface area contributed by atoms with Gasteiger partial charge in [0.2, 0.25) is 0 Å². The average Bonchev–Trinajstić information content (AvgIpc) is 2.72. The molecule has 3 heterocycles. The first-order valence-electron chi connectivity index (χ1n) is 6.76. The molecule has 3 rings (SSSR count). The summed E-state index contributed by atoms with van der Waals surface area (Å²) in [5.41, 5.74) is 1.04. The maximum atomic E-state index is 5.83. The van der Waals surface area contributed by atoms with E-state index in [-0.39, 0.29) is 0 Å². The van der Waals surface area contributed by atoms with Crippen LogP contribution in [0.2, 0.25) is 0 Å². The summed E-state index contributed by atoms with van der Waals surface area (Å²) in [7, 11) is 0. The van der Waals surface area contributed by atoms with Crippen molar-refractivity contribution in [2.75, 3.05) is 25.0 Å². The number of morpholine rings is 1. The topological polar surface area (TPSA) is 50.3 Å². The van der Waals surface area contributed by atoms with Crippen LogP contribution in [0.15, 0.2) is 12.4 Å². The Morgan fingerprint density at radius 1 is 1.28 bits per heavy atom. The highest BCUT2D eigenvalue weighted by Gasteiger charge is 2.33. The van der Waals surface area contributed by atoms with Crippen molar-refractivity contribution >= 4 is 5.82 Å². The molecule has 2 unspecified atom stereocenters. The van der Waals surface area contributed by atoms with Crippen LogP contribution < -0.4 is 5.32 Å². The zero-order valence-corrected chi connectivity index (χ0v) is 10.8. The number of aromatic nitrogens is 2. The molecular formula is C13H20N4O. The van der Waals surface area contributed by atoms with Crippen LogP contribution >= 0.6 is 0 Å². The number of hydrogen-bond acceptors (Lipinski definition) is 5. The second kappa shape index (κ2) is 5.20. The van der Waals surface area contributed by atoms with Crippen LogP contribution in [0.4, 0.5) is 5.82 Å². The van der Waals surface area contributed by atoms with E-state index in [2.05, 4.69) is 27.1 Å². The fraction of sp³-hybridized carbons (Fsp3) is 0.692. The fourth-order valence-corrected chi connectivity index (χ4v) is 2.77. The molecule has 2 atom stereocenters. The molecule has 0 aromatic carbocycles. The second-order valence-corrected chi connectivity index (χ2v) is 5.07. The Labute approximate surface area is 108 Å². The van der Waals surface area contributed by atoms with E-state index in [1.807, 2.05) is 12.4 Å². The molecular weight excluding hydrogens is 228 g/mol. The molecule has 1 aromatic rings. The standard InChI is InChI=1S/C13H20N4O/c1-2-14-13-6-15-10(5-16-13)7-17-8-11-3-4-12(9-17)18-11/h5-6,11-12H,2-4,7-9H2,1H3,(H,14,16). The van der Waals surface area contributed by atoms with Crippen molar-refractivity contribution in [1.29, 1.82) is 0 Å². The molecule has 18 heavy (non-hydrogen) atoms. The SMILES string of the molecule is CCNc1cnc(CN2CC3CCC(C2)O3)cn1. The molecule has 0 saturated carbocycles. The highest BCUT2D eigenvalue weighted by Crippen LogP contribution is 2.26. The quantitative estimate of drug-likeness (QED) is 0.869. The summed E-state index contributed by atoms with van der Waals surface area (Å²) >= 11 is 0. The molecule has 2 aliphatic heterocycles. The van der Waals surface area contributed by atoms with Crippen molar-refractivity contribution in [2.24, 2.45) is 0 Å². The van der Waals surface area contributed by atoms with Crippen molar-refractivity contribution in [3.8, 4) is 0 Å². The molecule has 2 aliphatic rings. The molecule has 2 fully saturated rings. The van der Waals surface area contributed by atoms with E-state index in [4.69, 9.17) is 4.74 Å². The second-order valence-electron chi connectivity index (χ2n) is 5.07. The maximum absolute atomic E-state index is 5.83. The summed E-state index contributed by atoms with van der Waals surface area (Å²) in [6.07, 6.45) is 7.00. The van der Waals surface area contributed by atoms with Crippen molar-refractivity contribution in [1.82, 2.24) is 14.9 Å². The molecule has 1 N–H and O–H groups in total. The summed E-state index contributed by atoms with van der Waals surface area (Å²) < 4.78 is 5.83. The van der Waals surface area contributed by atoms with Crippen LogP contribution in [-0.4, -0.2) is 46.7 Å². The van der Waals surface area contributed by atoms with Crippen LogP contribution in [-0.2, 0) is 11.3 Å². The van der Waals surface area contributed by atoms with Gasteiger partial charge in [0.1, 0.15) is 5.82 Å². The lowest BCUT2D eigenvalue weighted by Gasteiger charge is -2.31. The van der Waals surface area contributed by atoms with E-state index in [0.717, 1.165) is 37.7 Å². The normalized spacial score (nSPS) is 27.4. The number of fused-ring (bicyclic) bond motifs is 2. The van der Waals surface area contributed by atoms with Crippen molar-refractivity contribution in [3.63, 3.8) is 0 Å². The molecule has 98 valence electrons. The lowest BCUT2D eigenvalue weighted by atomic mass is 10.2. The van der Waals surface area contributed by atoms with Gasteiger partial charge < -0.3 is 10.1 Å². The van der Waals surface area contributed by atoms with Gasteiger partial charge in [-0.15, -0.1) is 0 Å². The van der Waals surface area contributed by atoms with Gasteiger partial charge in [0.25, 0.3) is 0 Å². The van der Waals surface area contributed by atoms with Crippen molar-refractivity contribution in [2.45, 2.75) is 38.5 Å². The number of anilines is 1. The van der Waals surface area contributed by atoms with Crippen LogP contribution in [0, 0.1) is 0 Å². The van der Waals surface area contributed by atoms with E-state index >= 15 is 0 Å². The molecule has 2 bridgehead atoms. The third-order valence-electron chi connectivity index (χ3n) is 3.57. The van der Waals surface area contributed by atoms with Crippen LogP contribution in [0.1, 0.15) is 25.5 Å². The van der Waals surface area contributed by atoms with Crippen LogP contribution in [0.5, 0.6) is 0 Å². The Kier molecular flexibility index (Phi) is 3.43. The highest BCUT2D eigenvalue weighted by atomic mass is 16.5. The predicted octanol–water partition coefficient (Wildman–Crippen LogP) is 1.27. The van der Waals surface area contributed by atoms with E-state index in [1.165, 1.54) is 12.8 Å². The smallest absolute Gasteiger partial charge is 0.144 e. The number of hydrogen-bond donors (Lipinski definition) is 1. The largest absolute Gasteiger partial charge is 0.372 e. The van der Waals surface area contributed by atoms with E-state index in [0.29, 0.717) is 12.2 Å². The molecule has 0 radical (unpaired) electrons. The third-order valence-corrected chi connectivity index (χ3v) is 3.57. The van der Waals surface area contributed by atoms with Gasteiger partial charge in [-0.1, -0.05) is 0 Å².